The number of carbonyl (C=O) groups is 1. The van der Waals surface area contributed by atoms with Gasteiger partial charge < -0.3 is 15.7 Å². The molecule has 14 heavy (non-hydrogen) atoms. The summed E-state index contributed by atoms with van der Waals surface area (Å²) in [4.78, 5) is 12.1. The number of nitrogens with zero attached hydrogens (tertiary/aromatic N) is 1. The van der Waals surface area contributed by atoms with Crippen LogP contribution in [0.2, 0.25) is 0 Å². The van der Waals surface area contributed by atoms with Crippen LogP contribution in [0.3, 0.4) is 0 Å². The Morgan fingerprint density at radius 1 is 1.50 bits per heavy atom. The van der Waals surface area contributed by atoms with Crippen molar-refractivity contribution >= 4 is 11.8 Å². The average Bonchev–Trinajstić information content (AvgIpc) is 2.17. The number of fused-ring (bicyclic) bond motifs is 1. The van der Waals surface area contributed by atoms with Crippen LogP contribution in [0.1, 0.15) is 11.1 Å². The molecular weight excluding hydrogens is 180 g/mol. The van der Waals surface area contributed by atoms with Crippen molar-refractivity contribution in [3.05, 3.63) is 29.3 Å². The number of anilines is 1. The lowest BCUT2D eigenvalue weighted by Gasteiger charge is -2.27. The van der Waals surface area contributed by atoms with Crippen molar-refractivity contribution in [3.63, 3.8) is 0 Å². The van der Waals surface area contributed by atoms with E-state index >= 15 is 0 Å². The van der Waals surface area contributed by atoms with Crippen LogP contribution in [0.25, 0.3) is 0 Å². The third-order valence-corrected chi connectivity index (χ3v) is 2.57. The van der Waals surface area contributed by atoms with Gasteiger partial charge in [0.05, 0.1) is 0 Å². The summed E-state index contributed by atoms with van der Waals surface area (Å²) in [5.74, 6) is 0. The highest BCUT2D eigenvalue weighted by atomic mass is 16.4. The van der Waals surface area contributed by atoms with Gasteiger partial charge in [-0.2, -0.15) is 0 Å². The Morgan fingerprint density at radius 2 is 2.29 bits per heavy atom. The second kappa shape index (κ2) is 3.21. The molecule has 0 aromatic heterocycles. The summed E-state index contributed by atoms with van der Waals surface area (Å²) in [5, 5.41) is 8.83. The van der Waals surface area contributed by atoms with Crippen molar-refractivity contribution in [1.29, 1.82) is 0 Å². The van der Waals surface area contributed by atoms with Gasteiger partial charge in [-0.15, -0.1) is 0 Å². The smallest absolute Gasteiger partial charge is 0.407 e. The molecule has 1 aromatic carbocycles. The first-order chi connectivity index (χ1) is 6.68. The number of nitrogen functional groups attached to an aromatic ring is 1. The summed E-state index contributed by atoms with van der Waals surface area (Å²) >= 11 is 0. The van der Waals surface area contributed by atoms with Gasteiger partial charge in [0.25, 0.3) is 0 Å². The molecule has 1 aromatic rings. The molecule has 1 amide bonds. The fourth-order valence-corrected chi connectivity index (χ4v) is 1.80. The fourth-order valence-electron chi connectivity index (χ4n) is 1.80. The van der Waals surface area contributed by atoms with Crippen LogP contribution in [-0.4, -0.2) is 22.6 Å². The lowest BCUT2D eigenvalue weighted by molar-refractivity contribution is 0.140. The predicted octanol–water partition coefficient (Wildman–Crippen LogP) is 1.30. The number of hydrogen-bond acceptors (Lipinski definition) is 2. The number of hydrogen-bond donors (Lipinski definition) is 2. The third kappa shape index (κ3) is 1.39. The molecule has 0 radical (unpaired) electrons. The van der Waals surface area contributed by atoms with Gasteiger partial charge in [0.15, 0.2) is 0 Å². The summed E-state index contributed by atoms with van der Waals surface area (Å²) in [6, 6.07) is 5.65. The average molecular weight is 192 g/mol. The van der Waals surface area contributed by atoms with Crippen LogP contribution in [-0.2, 0) is 13.0 Å². The minimum atomic E-state index is -0.863. The first-order valence-corrected chi connectivity index (χ1v) is 4.52. The maximum Gasteiger partial charge on any atom is 0.407 e. The Bertz CT molecular complexity index is 376. The van der Waals surface area contributed by atoms with Crippen molar-refractivity contribution < 1.29 is 9.90 Å². The summed E-state index contributed by atoms with van der Waals surface area (Å²) in [6.45, 7) is 0.992. The zero-order chi connectivity index (χ0) is 10.1. The standard InChI is InChI=1S/C10H12N2O2/c11-9-3-1-2-7-6-12(10(13)14)5-4-8(7)9/h1-3H,4-6,11H2,(H,13,14). The van der Waals surface area contributed by atoms with E-state index in [1.807, 2.05) is 18.2 Å². The van der Waals surface area contributed by atoms with Crippen LogP contribution in [0, 0.1) is 0 Å². The number of carboxylic acid groups (broad SMARTS) is 1. The van der Waals surface area contributed by atoms with Crippen molar-refractivity contribution in [2.24, 2.45) is 0 Å². The van der Waals surface area contributed by atoms with Gasteiger partial charge in [0.2, 0.25) is 0 Å². The van der Waals surface area contributed by atoms with E-state index in [0.29, 0.717) is 19.5 Å². The number of amides is 1. The monoisotopic (exact) mass is 192 g/mol. The third-order valence-electron chi connectivity index (χ3n) is 2.57. The molecule has 3 N–H and O–H groups in total. The molecule has 1 heterocycles. The molecule has 1 aliphatic heterocycles. The lowest BCUT2D eigenvalue weighted by atomic mass is 9.98. The van der Waals surface area contributed by atoms with Gasteiger partial charge in [0.1, 0.15) is 0 Å². The maximum atomic E-state index is 10.7. The molecule has 2 rings (SSSR count). The highest BCUT2D eigenvalue weighted by molar-refractivity contribution is 5.66. The van der Waals surface area contributed by atoms with E-state index in [1.54, 1.807) is 0 Å². The molecule has 0 saturated heterocycles. The number of nitrogens with two attached hydrogens (primary N) is 1. The highest BCUT2D eigenvalue weighted by Gasteiger charge is 2.20. The van der Waals surface area contributed by atoms with Gasteiger partial charge >= 0.3 is 6.09 Å². The summed E-state index contributed by atoms with van der Waals surface area (Å²) in [7, 11) is 0. The first kappa shape index (κ1) is 8.87. The van der Waals surface area contributed by atoms with Crippen LogP contribution in [0.15, 0.2) is 18.2 Å². The zero-order valence-corrected chi connectivity index (χ0v) is 7.73. The Kier molecular flexibility index (Phi) is 2.04. The molecule has 74 valence electrons. The Morgan fingerprint density at radius 3 is 3.00 bits per heavy atom. The van der Waals surface area contributed by atoms with E-state index in [9.17, 15) is 4.79 Å². The maximum absolute atomic E-state index is 10.7. The van der Waals surface area contributed by atoms with Crippen LogP contribution < -0.4 is 5.73 Å². The van der Waals surface area contributed by atoms with Crippen molar-refractivity contribution in [2.45, 2.75) is 13.0 Å². The largest absolute Gasteiger partial charge is 0.465 e. The minimum Gasteiger partial charge on any atom is -0.465 e. The number of benzene rings is 1. The highest BCUT2D eigenvalue weighted by Crippen LogP contribution is 2.23. The SMILES string of the molecule is Nc1cccc2c1CCN(C(=O)O)C2. The summed E-state index contributed by atoms with van der Waals surface area (Å²) in [5.41, 5.74) is 8.70. The van der Waals surface area contributed by atoms with Crippen LogP contribution in [0.4, 0.5) is 10.5 Å². The molecule has 0 aliphatic carbocycles. The van der Waals surface area contributed by atoms with Gasteiger partial charge in [-0.1, -0.05) is 12.1 Å². The predicted molar refractivity (Wildman–Crippen MR) is 53.0 cm³/mol. The molecule has 1 aliphatic rings. The Balaban J connectivity index is 2.31. The second-order valence-electron chi connectivity index (χ2n) is 3.44. The quantitative estimate of drug-likeness (QED) is 0.609. The van der Waals surface area contributed by atoms with Crippen LogP contribution in [0.5, 0.6) is 0 Å². The topological polar surface area (TPSA) is 66.6 Å². The normalized spacial score (nSPS) is 15.0. The van der Waals surface area contributed by atoms with E-state index < -0.39 is 6.09 Å². The van der Waals surface area contributed by atoms with Crippen molar-refractivity contribution in [3.8, 4) is 0 Å². The fraction of sp³-hybridized carbons (Fsp3) is 0.300. The van der Waals surface area contributed by atoms with E-state index in [2.05, 4.69) is 0 Å². The molecule has 0 unspecified atom stereocenters. The second-order valence-corrected chi connectivity index (χ2v) is 3.44. The van der Waals surface area contributed by atoms with Crippen molar-refractivity contribution in [2.75, 3.05) is 12.3 Å². The lowest BCUT2D eigenvalue weighted by Crippen LogP contribution is -2.35. The minimum absolute atomic E-state index is 0.454. The number of rotatable bonds is 0. The Labute approximate surface area is 81.9 Å². The van der Waals surface area contributed by atoms with Gasteiger partial charge in [-0.25, -0.2) is 4.79 Å². The molecule has 0 atom stereocenters. The summed E-state index contributed by atoms with van der Waals surface area (Å²) in [6.07, 6.45) is -0.146. The molecule has 0 fully saturated rings. The van der Waals surface area contributed by atoms with E-state index in [1.165, 1.54) is 4.90 Å². The van der Waals surface area contributed by atoms with E-state index in [0.717, 1.165) is 16.8 Å². The molecular formula is C10H12N2O2. The first-order valence-electron chi connectivity index (χ1n) is 4.52. The summed E-state index contributed by atoms with van der Waals surface area (Å²) < 4.78 is 0. The molecule has 0 bridgehead atoms. The molecule has 0 saturated carbocycles. The van der Waals surface area contributed by atoms with Crippen molar-refractivity contribution in [1.82, 2.24) is 4.90 Å². The zero-order valence-electron chi connectivity index (χ0n) is 7.73. The molecule has 4 heteroatoms. The molecule has 0 spiro atoms. The van der Waals surface area contributed by atoms with E-state index in [4.69, 9.17) is 10.8 Å². The van der Waals surface area contributed by atoms with Gasteiger partial charge in [-0.3, -0.25) is 0 Å². The Hall–Kier alpha value is -1.71. The van der Waals surface area contributed by atoms with Crippen LogP contribution >= 0.6 is 0 Å². The molecule has 4 nitrogen and oxygen atoms in total. The van der Waals surface area contributed by atoms with Gasteiger partial charge in [0, 0.05) is 18.8 Å². The van der Waals surface area contributed by atoms with E-state index in [-0.39, 0.29) is 0 Å². The van der Waals surface area contributed by atoms with Gasteiger partial charge in [-0.05, 0) is 23.6 Å².